The number of halogens is 4. The van der Waals surface area contributed by atoms with E-state index in [4.69, 9.17) is 4.74 Å². The quantitative estimate of drug-likeness (QED) is 0.405. The van der Waals surface area contributed by atoms with Gasteiger partial charge in [-0.15, -0.1) is 24.0 Å². The Morgan fingerprint density at radius 1 is 1.42 bits per heavy atom. The maximum atomic E-state index is 14.0. The molecule has 1 spiro atoms. The minimum atomic E-state index is -3.00. The zero-order chi connectivity index (χ0) is 17.9. The minimum Gasteiger partial charge on any atom is -0.434 e. The maximum Gasteiger partial charge on any atom is 0.387 e. The van der Waals surface area contributed by atoms with Gasteiger partial charge in [0.25, 0.3) is 0 Å². The van der Waals surface area contributed by atoms with Gasteiger partial charge in [-0.25, -0.2) is 4.39 Å². The van der Waals surface area contributed by atoms with Crippen LogP contribution < -0.4 is 10.1 Å². The van der Waals surface area contributed by atoms with E-state index in [1.807, 2.05) is 0 Å². The Morgan fingerprint density at radius 3 is 2.88 bits per heavy atom. The molecule has 2 aliphatic heterocycles. The van der Waals surface area contributed by atoms with Crippen LogP contribution in [0.25, 0.3) is 0 Å². The van der Waals surface area contributed by atoms with E-state index in [9.17, 15) is 13.2 Å². The molecule has 1 aromatic rings. The van der Waals surface area contributed by atoms with Crippen LogP contribution in [0.2, 0.25) is 0 Å². The minimum absolute atomic E-state index is 0. The molecule has 1 atom stereocenters. The van der Waals surface area contributed by atoms with Gasteiger partial charge in [0.1, 0.15) is 11.6 Å². The van der Waals surface area contributed by atoms with Crippen LogP contribution in [0.1, 0.15) is 18.4 Å². The lowest BCUT2D eigenvalue weighted by Crippen LogP contribution is -2.41. The third kappa shape index (κ3) is 4.73. The molecular formula is C17H23F3IN3O2. The number of ether oxygens (including phenoxy) is 2. The highest BCUT2D eigenvalue weighted by Gasteiger charge is 2.42. The molecule has 0 aliphatic carbocycles. The van der Waals surface area contributed by atoms with E-state index in [2.05, 4.69) is 19.9 Å². The SMILES string of the molecule is CN=C(NCc1c(F)cccc1OC(F)F)N1CCC2(CCOC2)C1.I. The Bertz CT molecular complexity index is 640. The third-order valence-electron chi connectivity index (χ3n) is 4.85. The summed E-state index contributed by atoms with van der Waals surface area (Å²) in [5.74, 6) is -0.141. The molecule has 3 rings (SSSR count). The lowest BCUT2D eigenvalue weighted by molar-refractivity contribution is -0.0506. The third-order valence-corrected chi connectivity index (χ3v) is 4.85. The van der Waals surface area contributed by atoms with Crippen LogP contribution in [0.5, 0.6) is 5.75 Å². The van der Waals surface area contributed by atoms with Crippen LogP contribution in [0.4, 0.5) is 13.2 Å². The van der Waals surface area contributed by atoms with Gasteiger partial charge >= 0.3 is 6.61 Å². The van der Waals surface area contributed by atoms with Gasteiger partial charge in [-0.05, 0) is 25.0 Å². The number of likely N-dealkylation sites (tertiary alicyclic amines) is 1. The second kappa shape index (κ2) is 9.12. The Labute approximate surface area is 168 Å². The zero-order valence-electron chi connectivity index (χ0n) is 14.5. The molecule has 9 heteroatoms. The van der Waals surface area contributed by atoms with Crippen LogP contribution in [0.3, 0.4) is 0 Å². The highest BCUT2D eigenvalue weighted by molar-refractivity contribution is 14.0. The van der Waals surface area contributed by atoms with Crippen molar-refractivity contribution >= 4 is 29.9 Å². The molecule has 1 N–H and O–H groups in total. The van der Waals surface area contributed by atoms with Crippen molar-refractivity contribution in [2.75, 3.05) is 33.4 Å². The van der Waals surface area contributed by atoms with Gasteiger partial charge in [0.05, 0.1) is 6.61 Å². The number of guanidine groups is 1. The summed E-state index contributed by atoms with van der Waals surface area (Å²) in [6.07, 6.45) is 2.05. The van der Waals surface area contributed by atoms with Gasteiger partial charge < -0.3 is 19.7 Å². The first-order chi connectivity index (χ1) is 12.0. The van der Waals surface area contributed by atoms with Crippen molar-refractivity contribution in [2.24, 2.45) is 10.4 Å². The van der Waals surface area contributed by atoms with E-state index >= 15 is 0 Å². The highest BCUT2D eigenvalue weighted by atomic mass is 127. The molecule has 2 aliphatic rings. The van der Waals surface area contributed by atoms with Crippen molar-refractivity contribution in [1.29, 1.82) is 0 Å². The number of hydrogen-bond acceptors (Lipinski definition) is 3. The number of aliphatic imine (C=N–C) groups is 1. The second-order valence-electron chi connectivity index (χ2n) is 6.47. The van der Waals surface area contributed by atoms with Gasteiger partial charge in [-0.1, -0.05) is 6.07 Å². The van der Waals surface area contributed by atoms with E-state index in [1.165, 1.54) is 18.2 Å². The molecule has 1 aromatic carbocycles. The number of nitrogens with one attached hydrogen (secondary N) is 1. The Morgan fingerprint density at radius 2 is 2.23 bits per heavy atom. The monoisotopic (exact) mass is 485 g/mol. The van der Waals surface area contributed by atoms with Crippen molar-refractivity contribution < 1.29 is 22.6 Å². The molecule has 0 aromatic heterocycles. The van der Waals surface area contributed by atoms with Gasteiger partial charge in [-0.2, -0.15) is 8.78 Å². The number of alkyl halides is 2. The van der Waals surface area contributed by atoms with Gasteiger partial charge in [-0.3, -0.25) is 4.99 Å². The van der Waals surface area contributed by atoms with Crippen LogP contribution in [-0.2, 0) is 11.3 Å². The summed E-state index contributed by atoms with van der Waals surface area (Å²) in [5, 5.41) is 3.06. The van der Waals surface area contributed by atoms with E-state index in [0.29, 0.717) is 5.96 Å². The Kier molecular flexibility index (Phi) is 7.39. The van der Waals surface area contributed by atoms with E-state index < -0.39 is 12.4 Å². The largest absolute Gasteiger partial charge is 0.434 e. The lowest BCUT2D eigenvalue weighted by Gasteiger charge is -2.25. The topological polar surface area (TPSA) is 46.1 Å². The number of hydrogen-bond donors (Lipinski definition) is 1. The fourth-order valence-electron chi connectivity index (χ4n) is 3.50. The molecule has 5 nitrogen and oxygen atoms in total. The average Bonchev–Trinajstić information content (AvgIpc) is 3.20. The number of benzene rings is 1. The smallest absolute Gasteiger partial charge is 0.387 e. The summed E-state index contributed by atoms with van der Waals surface area (Å²) in [4.78, 5) is 6.34. The van der Waals surface area contributed by atoms with Gasteiger partial charge in [0.15, 0.2) is 5.96 Å². The normalized spacial score (nSPS) is 22.8. The van der Waals surface area contributed by atoms with Crippen LogP contribution in [-0.4, -0.2) is 50.8 Å². The maximum absolute atomic E-state index is 14.0. The number of rotatable bonds is 4. The van der Waals surface area contributed by atoms with Crippen LogP contribution in [0.15, 0.2) is 23.2 Å². The predicted octanol–water partition coefficient (Wildman–Crippen LogP) is 3.23. The number of nitrogens with zero attached hydrogens (tertiary/aromatic N) is 2. The summed E-state index contributed by atoms with van der Waals surface area (Å²) in [7, 11) is 1.65. The second-order valence-corrected chi connectivity index (χ2v) is 6.47. The standard InChI is InChI=1S/C17H22F3N3O2.HI/c1-21-16(23-7-5-17(10-23)6-8-24-11-17)22-9-12-13(18)3-2-4-14(12)25-15(19)20;/h2-4,15H,5-11H2,1H3,(H,21,22);1H. The van der Waals surface area contributed by atoms with Crippen molar-refractivity contribution in [3.05, 3.63) is 29.6 Å². The summed E-state index contributed by atoms with van der Waals surface area (Å²) in [6.45, 7) is 0.205. The molecule has 0 saturated carbocycles. The van der Waals surface area contributed by atoms with Crippen LogP contribution in [0, 0.1) is 11.2 Å². The Hall–Kier alpha value is -1.23. The molecule has 26 heavy (non-hydrogen) atoms. The summed E-state index contributed by atoms with van der Waals surface area (Å²) in [5.41, 5.74) is 0.224. The molecule has 0 radical (unpaired) electrons. The van der Waals surface area contributed by atoms with Crippen molar-refractivity contribution in [3.63, 3.8) is 0 Å². The molecule has 1 unspecified atom stereocenters. The summed E-state index contributed by atoms with van der Waals surface area (Å²) < 4.78 is 49.0. The fraction of sp³-hybridized carbons (Fsp3) is 0.588. The summed E-state index contributed by atoms with van der Waals surface area (Å²) in [6, 6.07) is 3.89. The summed E-state index contributed by atoms with van der Waals surface area (Å²) >= 11 is 0. The molecule has 146 valence electrons. The first-order valence-electron chi connectivity index (χ1n) is 8.28. The molecule has 0 amide bonds. The highest BCUT2D eigenvalue weighted by Crippen LogP contribution is 2.38. The lowest BCUT2D eigenvalue weighted by atomic mass is 9.87. The molecule has 2 saturated heterocycles. The van der Waals surface area contributed by atoms with Crippen molar-refractivity contribution in [1.82, 2.24) is 10.2 Å². The zero-order valence-corrected chi connectivity index (χ0v) is 16.8. The Balaban J connectivity index is 0.00000243. The molecular weight excluding hydrogens is 462 g/mol. The van der Waals surface area contributed by atoms with Crippen molar-refractivity contribution in [3.8, 4) is 5.75 Å². The van der Waals surface area contributed by atoms with Gasteiger partial charge in [0, 0.05) is 44.3 Å². The predicted molar refractivity (Wildman–Crippen MR) is 103 cm³/mol. The molecule has 2 heterocycles. The molecule has 2 fully saturated rings. The van der Waals surface area contributed by atoms with Crippen LogP contribution >= 0.6 is 24.0 Å². The van der Waals surface area contributed by atoms with E-state index in [-0.39, 0.29) is 47.2 Å². The van der Waals surface area contributed by atoms with E-state index in [1.54, 1.807) is 7.05 Å². The first kappa shape index (κ1) is 21.1. The average molecular weight is 485 g/mol. The van der Waals surface area contributed by atoms with E-state index in [0.717, 1.165) is 39.1 Å². The van der Waals surface area contributed by atoms with Gasteiger partial charge in [0.2, 0.25) is 0 Å². The first-order valence-corrected chi connectivity index (χ1v) is 8.28. The molecule has 0 bridgehead atoms. The fourth-order valence-corrected chi connectivity index (χ4v) is 3.50. The van der Waals surface area contributed by atoms with Crippen molar-refractivity contribution in [2.45, 2.75) is 26.0 Å².